The number of likely N-dealkylation sites (tertiary alicyclic amines) is 1. The first-order valence-corrected chi connectivity index (χ1v) is 8.20. The van der Waals surface area contributed by atoms with Crippen molar-refractivity contribution in [2.24, 2.45) is 0 Å². The Kier molecular flexibility index (Phi) is 5.55. The van der Waals surface area contributed by atoms with E-state index in [1.165, 1.54) is 36.0 Å². The van der Waals surface area contributed by atoms with Gasteiger partial charge in [-0.3, -0.25) is 0 Å². The Bertz CT molecular complexity index is 495. The molecule has 1 atom stereocenters. The molecule has 2 rings (SSSR count). The summed E-state index contributed by atoms with van der Waals surface area (Å²) in [5.74, 6) is -1.04. The van der Waals surface area contributed by atoms with Gasteiger partial charge < -0.3 is 15.3 Å². The SMILES string of the molecule is CC(NC(=O)N1CCCCCCC1)c1nc(C(=O)O)cs1. The van der Waals surface area contributed by atoms with Gasteiger partial charge in [0.25, 0.3) is 0 Å². The van der Waals surface area contributed by atoms with E-state index in [4.69, 9.17) is 5.11 Å². The highest BCUT2D eigenvalue weighted by atomic mass is 32.1. The maximum atomic E-state index is 12.3. The van der Waals surface area contributed by atoms with E-state index in [9.17, 15) is 9.59 Å². The van der Waals surface area contributed by atoms with Crippen LogP contribution in [-0.4, -0.2) is 40.1 Å². The van der Waals surface area contributed by atoms with Gasteiger partial charge in [0.15, 0.2) is 5.69 Å². The van der Waals surface area contributed by atoms with Gasteiger partial charge in [-0.05, 0) is 19.8 Å². The normalized spacial score (nSPS) is 17.7. The van der Waals surface area contributed by atoms with Crippen molar-refractivity contribution in [2.75, 3.05) is 13.1 Å². The highest BCUT2D eigenvalue weighted by Gasteiger charge is 2.20. The number of hydrogen-bond donors (Lipinski definition) is 2. The number of aromatic nitrogens is 1. The van der Waals surface area contributed by atoms with Crippen molar-refractivity contribution in [3.05, 3.63) is 16.1 Å². The average molecular weight is 311 g/mol. The zero-order valence-electron chi connectivity index (χ0n) is 12.2. The molecule has 1 aromatic rings. The fourth-order valence-electron chi connectivity index (χ4n) is 2.37. The third kappa shape index (κ3) is 4.42. The van der Waals surface area contributed by atoms with Crippen LogP contribution in [-0.2, 0) is 0 Å². The van der Waals surface area contributed by atoms with Crippen LogP contribution in [0.5, 0.6) is 0 Å². The maximum absolute atomic E-state index is 12.3. The van der Waals surface area contributed by atoms with Crippen molar-refractivity contribution in [2.45, 2.75) is 45.1 Å². The fourth-order valence-corrected chi connectivity index (χ4v) is 3.17. The molecule has 0 saturated carbocycles. The lowest BCUT2D eigenvalue weighted by atomic mass is 10.1. The summed E-state index contributed by atoms with van der Waals surface area (Å²) in [5, 5.41) is 13.9. The fraction of sp³-hybridized carbons (Fsp3) is 0.643. The molecular weight excluding hydrogens is 290 g/mol. The number of carboxylic acids is 1. The summed E-state index contributed by atoms with van der Waals surface area (Å²) >= 11 is 1.26. The maximum Gasteiger partial charge on any atom is 0.355 e. The highest BCUT2D eigenvalue weighted by molar-refractivity contribution is 7.09. The Morgan fingerprint density at radius 2 is 1.90 bits per heavy atom. The van der Waals surface area contributed by atoms with E-state index in [0.29, 0.717) is 5.01 Å². The number of hydrogen-bond acceptors (Lipinski definition) is 4. The summed E-state index contributed by atoms with van der Waals surface area (Å²) in [7, 11) is 0. The monoisotopic (exact) mass is 311 g/mol. The molecule has 7 heteroatoms. The first kappa shape index (κ1) is 15.8. The minimum absolute atomic E-state index is 0.0300. The molecule has 1 aliphatic heterocycles. The standard InChI is InChI=1S/C14H21N3O3S/c1-10(12-16-11(9-21-12)13(18)19)15-14(20)17-7-5-3-2-4-6-8-17/h9-10H,2-8H2,1H3,(H,15,20)(H,18,19). The second-order valence-corrected chi connectivity index (χ2v) is 6.19. The van der Waals surface area contributed by atoms with Gasteiger partial charge in [0.1, 0.15) is 5.01 Å². The molecule has 1 saturated heterocycles. The van der Waals surface area contributed by atoms with Crippen LogP contribution in [0, 0.1) is 0 Å². The van der Waals surface area contributed by atoms with Crippen LogP contribution in [0.4, 0.5) is 4.79 Å². The molecule has 2 N–H and O–H groups in total. The number of amides is 2. The quantitative estimate of drug-likeness (QED) is 0.899. The second-order valence-electron chi connectivity index (χ2n) is 5.30. The number of nitrogens with one attached hydrogen (secondary N) is 1. The van der Waals surface area contributed by atoms with Crippen LogP contribution in [0.15, 0.2) is 5.38 Å². The van der Waals surface area contributed by atoms with E-state index in [1.54, 1.807) is 0 Å². The smallest absolute Gasteiger partial charge is 0.355 e. The van der Waals surface area contributed by atoms with E-state index >= 15 is 0 Å². The summed E-state index contributed by atoms with van der Waals surface area (Å²) in [4.78, 5) is 29.0. The molecule has 21 heavy (non-hydrogen) atoms. The van der Waals surface area contributed by atoms with Gasteiger partial charge in [0.2, 0.25) is 0 Å². The van der Waals surface area contributed by atoms with Crippen LogP contribution in [0.1, 0.15) is 60.6 Å². The van der Waals surface area contributed by atoms with E-state index in [-0.39, 0.29) is 17.8 Å². The summed E-state index contributed by atoms with van der Waals surface area (Å²) in [5.41, 5.74) is 0.0300. The number of carbonyl (C=O) groups excluding carboxylic acids is 1. The van der Waals surface area contributed by atoms with Gasteiger partial charge in [-0.2, -0.15) is 0 Å². The minimum Gasteiger partial charge on any atom is -0.476 e. The van der Waals surface area contributed by atoms with Crippen LogP contribution in [0.25, 0.3) is 0 Å². The molecule has 0 aliphatic carbocycles. The highest BCUT2D eigenvalue weighted by Crippen LogP contribution is 2.19. The summed E-state index contributed by atoms with van der Waals surface area (Å²) < 4.78 is 0. The zero-order valence-corrected chi connectivity index (χ0v) is 13.0. The lowest BCUT2D eigenvalue weighted by molar-refractivity contribution is 0.0691. The van der Waals surface area contributed by atoms with Crippen LogP contribution in [0.3, 0.4) is 0 Å². The van der Waals surface area contributed by atoms with Crippen molar-refractivity contribution >= 4 is 23.3 Å². The largest absolute Gasteiger partial charge is 0.476 e. The summed E-state index contributed by atoms with van der Waals surface area (Å²) in [6.45, 7) is 3.40. The number of thiazole rings is 1. The number of rotatable bonds is 3. The number of urea groups is 1. The van der Waals surface area contributed by atoms with Crippen molar-refractivity contribution in [1.29, 1.82) is 0 Å². The molecule has 1 aliphatic rings. The van der Waals surface area contributed by atoms with E-state index in [0.717, 1.165) is 25.9 Å². The molecule has 0 bridgehead atoms. The van der Waals surface area contributed by atoms with Crippen LogP contribution >= 0.6 is 11.3 Å². The lowest BCUT2D eigenvalue weighted by Crippen LogP contribution is -2.42. The second kappa shape index (κ2) is 7.40. The van der Waals surface area contributed by atoms with Gasteiger partial charge in [-0.15, -0.1) is 11.3 Å². The number of carbonyl (C=O) groups is 2. The van der Waals surface area contributed by atoms with Gasteiger partial charge in [-0.25, -0.2) is 14.6 Å². The molecule has 2 heterocycles. The molecule has 0 aromatic carbocycles. The molecule has 0 radical (unpaired) electrons. The van der Waals surface area contributed by atoms with Crippen molar-refractivity contribution < 1.29 is 14.7 Å². The Labute approximate surface area is 128 Å². The van der Waals surface area contributed by atoms with Gasteiger partial charge in [-0.1, -0.05) is 19.3 Å². The molecule has 0 spiro atoms. The van der Waals surface area contributed by atoms with Crippen molar-refractivity contribution in [1.82, 2.24) is 15.2 Å². The molecule has 1 fully saturated rings. The first-order valence-electron chi connectivity index (χ1n) is 7.32. The molecule has 2 amide bonds. The van der Waals surface area contributed by atoms with Crippen LogP contribution in [0.2, 0.25) is 0 Å². The van der Waals surface area contributed by atoms with Gasteiger partial charge in [0, 0.05) is 18.5 Å². The third-order valence-electron chi connectivity index (χ3n) is 3.59. The first-order chi connectivity index (χ1) is 10.1. The van der Waals surface area contributed by atoms with E-state index < -0.39 is 5.97 Å². The average Bonchev–Trinajstić information content (AvgIpc) is 2.87. The zero-order chi connectivity index (χ0) is 15.2. The predicted octanol–water partition coefficient (Wildman–Crippen LogP) is 2.88. The van der Waals surface area contributed by atoms with Gasteiger partial charge in [0.05, 0.1) is 6.04 Å². The molecule has 1 aromatic heterocycles. The lowest BCUT2D eigenvalue weighted by Gasteiger charge is -2.26. The van der Waals surface area contributed by atoms with E-state index in [1.807, 2.05) is 11.8 Å². The van der Waals surface area contributed by atoms with Crippen molar-refractivity contribution in [3.63, 3.8) is 0 Å². The predicted molar refractivity (Wildman–Crippen MR) is 80.7 cm³/mol. The summed E-state index contributed by atoms with van der Waals surface area (Å²) in [6.07, 6.45) is 5.69. The van der Waals surface area contributed by atoms with E-state index in [2.05, 4.69) is 10.3 Å². The Balaban J connectivity index is 1.92. The molecular formula is C14H21N3O3S. The number of nitrogens with zero attached hydrogens (tertiary/aromatic N) is 2. The third-order valence-corrected chi connectivity index (χ3v) is 4.62. The molecule has 1 unspecified atom stereocenters. The van der Waals surface area contributed by atoms with Gasteiger partial charge >= 0.3 is 12.0 Å². The topological polar surface area (TPSA) is 82.5 Å². The molecule has 6 nitrogen and oxygen atoms in total. The number of aromatic carboxylic acids is 1. The van der Waals surface area contributed by atoms with Crippen molar-refractivity contribution in [3.8, 4) is 0 Å². The molecule has 116 valence electrons. The summed E-state index contributed by atoms with van der Waals surface area (Å²) in [6, 6.07) is -0.363. The Morgan fingerprint density at radius 1 is 1.29 bits per heavy atom. The minimum atomic E-state index is -1.04. The Morgan fingerprint density at radius 3 is 2.48 bits per heavy atom. The number of carboxylic acid groups (broad SMARTS) is 1. The Hall–Kier alpha value is -1.63. The van der Waals surface area contributed by atoms with Crippen LogP contribution < -0.4 is 5.32 Å².